The van der Waals surface area contributed by atoms with E-state index in [-0.39, 0.29) is 6.42 Å². The van der Waals surface area contributed by atoms with E-state index in [9.17, 15) is 27.7 Å². The van der Waals surface area contributed by atoms with Gasteiger partial charge in [0.05, 0.1) is 4.92 Å². The number of aliphatic carboxylic acids is 1. The lowest BCUT2D eigenvalue weighted by molar-refractivity contribution is -0.385. The van der Waals surface area contributed by atoms with Gasteiger partial charge in [0, 0.05) is 12.1 Å². The highest BCUT2D eigenvalue weighted by atomic mass is 32.2. The molecule has 0 aromatic heterocycles. The number of carboxylic acid groups (broad SMARTS) is 1. The average molecular weight is 320 g/mol. The summed E-state index contributed by atoms with van der Waals surface area (Å²) in [5, 5.41) is 19.5. The van der Waals surface area contributed by atoms with Gasteiger partial charge in [0.25, 0.3) is 5.69 Å². The fourth-order valence-corrected chi connectivity index (χ4v) is 2.90. The second kappa shape index (κ2) is 6.59. The first-order chi connectivity index (χ1) is 9.69. The lowest BCUT2D eigenvalue weighted by Gasteiger charge is -2.14. The van der Waals surface area contributed by atoms with Crippen LogP contribution in [0.1, 0.15) is 19.8 Å². The number of nitrogens with one attached hydrogen (secondary N) is 1. The Morgan fingerprint density at radius 1 is 1.52 bits per heavy atom. The molecule has 21 heavy (non-hydrogen) atoms. The fraction of sp³-hybridized carbons (Fsp3) is 0.364. The number of carboxylic acids is 1. The van der Waals surface area contributed by atoms with Gasteiger partial charge in [-0.05, 0) is 12.5 Å². The predicted octanol–water partition coefficient (Wildman–Crippen LogP) is 1.27. The number of carbonyl (C=O) groups is 1. The molecule has 0 saturated carbocycles. The monoisotopic (exact) mass is 320 g/mol. The van der Waals surface area contributed by atoms with Crippen molar-refractivity contribution in [3.05, 3.63) is 34.1 Å². The molecule has 10 heteroatoms. The van der Waals surface area contributed by atoms with Crippen LogP contribution in [0.4, 0.5) is 10.1 Å². The van der Waals surface area contributed by atoms with Gasteiger partial charge >= 0.3 is 5.97 Å². The SMILES string of the molecule is CCC[C@H](NS(=O)(=O)c1cc([N+](=O)[O-])ccc1F)C(=O)O. The van der Waals surface area contributed by atoms with Crippen LogP contribution in [0.5, 0.6) is 0 Å². The third kappa shape index (κ3) is 4.20. The minimum Gasteiger partial charge on any atom is -0.480 e. The van der Waals surface area contributed by atoms with Gasteiger partial charge in [-0.15, -0.1) is 0 Å². The maximum Gasteiger partial charge on any atom is 0.321 e. The number of hydrogen-bond donors (Lipinski definition) is 2. The van der Waals surface area contributed by atoms with Crippen LogP contribution < -0.4 is 4.72 Å². The minimum atomic E-state index is -4.52. The van der Waals surface area contributed by atoms with Crippen LogP contribution in [-0.4, -0.2) is 30.5 Å². The van der Waals surface area contributed by atoms with Gasteiger partial charge < -0.3 is 5.11 Å². The van der Waals surface area contributed by atoms with E-state index in [1.54, 1.807) is 6.92 Å². The molecular formula is C11H13FN2O6S. The number of benzene rings is 1. The van der Waals surface area contributed by atoms with Gasteiger partial charge in [0.15, 0.2) is 0 Å². The lowest BCUT2D eigenvalue weighted by atomic mass is 10.2. The van der Waals surface area contributed by atoms with Gasteiger partial charge in [-0.2, -0.15) is 4.72 Å². The van der Waals surface area contributed by atoms with Crippen LogP contribution in [0.2, 0.25) is 0 Å². The van der Waals surface area contributed by atoms with E-state index in [1.807, 2.05) is 4.72 Å². The number of nitrogens with zero attached hydrogens (tertiary/aromatic N) is 1. The minimum absolute atomic E-state index is 0.00507. The molecular weight excluding hydrogens is 307 g/mol. The van der Waals surface area contributed by atoms with E-state index in [1.165, 1.54) is 0 Å². The van der Waals surface area contributed by atoms with E-state index >= 15 is 0 Å². The third-order valence-electron chi connectivity index (χ3n) is 2.59. The van der Waals surface area contributed by atoms with Crippen LogP contribution in [0, 0.1) is 15.9 Å². The summed E-state index contributed by atoms with van der Waals surface area (Å²) in [5.41, 5.74) is -0.612. The quantitative estimate of drug-likeness (QED) is 0.575. The van der Waals surface area contributed by atoms with Crippen molar-refractivity contribution in [2.75, 3.05) is 0 Å². The molecule has 1 rings (SSSR count). The zero-order valence-electron chi connectivity index (χ0n) is 10.9. The number of sulfonamides is 1. The predicted molar refractivity (Wildman–Crippen MR) is 69.7 cm³/mol. The molecule has 0 aliphatic carbocycles. The fourth-order valence-electron chi connectivity index (χ4n) is 1.58. The van der Waals surface area contributed by atoms with E-state index < -0.39 is 43.4 Å². The van der Waals surface area contributed by atoms with Gasteiger partial charge in [0.2, 0.25) is 10.0 Å². The number of rotatable bonds is 7. The molecule has 8 nitrogen and oxygen atoms in total. The van der Waals surface area contributed by atoms with E-state index in [2.05, 4.69) is 0 Å². The summed E-state index contributed by atoms with van der Waals surface area (Å²) in [6, 6.07) is 0.568. The first-order valence-electron chi connectivity index (χ1n) is 5.88. The second-order valence-electron chi connectivity index (χ2n) is 4.17. The Labute approximate surface area is 119 Å². The van der Waals surface area contributed by atoms with E-state index in [0.29, 0.717) is 18.6 Å². The molecule has 0 radical (unpaired) electrons. The van der Waals surface area contributed by atoms with Crippen molar-refractivity contribution in [3.8, 4) is 0 Å². The molecule has 2 N–H and O–H groups in total. The Hall–Kier alpha value is -2.07. The molecule has 116 valence electrons. The van der Waals surface area contributed by atoms with Gasteiger partial charge in [-0.3, -0.25) is 14.9 Å². The first-order valence-corrected chi connectivity index (χ1v) is 7.36. The molecule has 0 saturated heterocycles. The van der Waals surface area contributed by atoms with Crippen molar-refractivity contribution >= 4 is 21.7 Å². The highest BCUT2D eigenvalue weighted by Crippen LogP contribution is 2.21. The topological polar surface area (TPSA) is 127 Å². The highest BCUT2D eigenvalue weighted by Gasteiger charge is 2.28. The lowest BCUT2D eigenvalue weighted by Crippen LogP contribution is -2.40. The van der Waals surface area contributed by atoms with Crippen LogP contribution in [-0.2, 0) is 14.8 Å². The van der Waals surface area contributed by atoms with Crippen LogP contribution in [0.3, 0.4) is 0 Å². The Bertz CT molecular complexity index is 661. The van der Waals surface area contributed by atoms with Crippen molar-refractivity contribution in [3.63, 3.8) is 0 Å². The molecule has 0 spiro atoms. The normalized spacial score (nSPS) is 12.9. The standard InChI is InChI=1S/C11H13FN2O6S/c1-2-3-9(11(15)16)13-21(19,20)10-6-7(14(17)18)4-5-8(10)12/h4-6,9,13H,2-3H2,1H3,(H,15,16)/t9-/m0/s1. The van der Waals surface area contributed by atoms with Crippen molar-refractivity contribution in [2.24, 2.45) is 0 Å². The van der Waals surface area contributed by atoms with E-state index in [0.717, 1.165) is 6.07 Å². The zero-order chi connectivity index (χ0) is 16.2. The van der Waals surface area contributed by atoms with Gasteiger partial charge in [-0.1, -0.05) is 13.3 Å². The van der Waals surface area contributed by atoms with Crippen molar-refractivity contribution in [2.45, 2.75) is 30.7 Å². The summed E-state index contributed by atoms with van der Waals surface area (Å²) in [6.45, 7) is 1.65. The maximum absolute atomic E-state index is 13.6. The van der Waals surface area contributed by atoms with Crippen molar-refractivity contribution in [1.29, 1.82) is 0 Å². The molecule has 0 unspecified atom stereocenters. The molecule has 1 aromatic rings. The van der Waals surface area contributed by atoms with Gasteiger partial charge in [0.1, 0.15) is 16.8 Å². The summed E-state index contributed by atoms with van der Waals surface area (Å²) >= 11 is 0. The molecule has 0 aliphatic rings. The Morgan fingerprint density at radius 3 is 2.62 bits per heavy atom. The zero-order valence-corrected chi connectivity index (χ0v) is 11.8. The largest absolute Gasteiger partial charge is 0.480 e. The first kappa shape index (κ1) is 17.0. The summed E-state index contributed by atoms with van der Waals surface area (Å²) in [5.74, 6) is -2.61. The Kier molecular flexibility index (Phi) is 5.33. The van der Waals surface area contributed by atoms with Gasteiger partial charge in [-0.25, -0.2) is 12.8 Å². The molecule has 0 heterocycles. The van der Waals surface area contributed by atoms with Crippen LogP contribution >= 0.6 is 0 Å². The molecule has 1 atom stereocenters. The number of non-ortho nitro benzene ring substituents is 1. The number of hydrogen-bond acceptors (Lipinski definition) is 5. The Morgan fingerprint density at radius 2 is 2.14 bits per heavy atom. The average Bonchev–Trinajstić information content (AvgIpc) is 2.37. The highest BCUT2D eigenvalue weighted by molar-refractivity contribution is 7.89. The summed E-state index contributed by atoms with van der Waals surface area (Å²) in [6.07, 6.45) is 0.391. The molecule has 0 amide bonds. The number of nitro groups is 1. The molecule has 0 aliphatic heterocycles. The molecule has 0 bridgehead atoms. The van der Waals surface area contributed by atoms with Crippen LogP contribution in [0.25, 0.3) is 0 Å². The number of nitro benzene ring substituents is 1. The van der Waals surface area contributed by atoms with Crippen molar-refractivity contribution < 1.29 is 27.6 Å². The van der Waals surface area contributed by atoms with Crippen molar-refractivity contribution in [1.82, 2.24) is 4.72 Å². The van der Waals surface area contributed by atoms with E-state index in [4.69, 9.17) is 5.11 Å². The molecule has 1 aromatic carbocycles. The third-order valence-corrected chi connectivity index (χ3v) is 4.07. The molecule has 0 fully saturated rings. The maximum atomic E-state index is 13.6. The van der Waals surface area contributed by atoms with Crippen LogP contribution in [0.15, 0.2) is 23.1 Å². The summed E-state index contributed by atoms with van der Waals surface area (Å²) < 4.78 is 39.4. The smallest absolute Gasteiger partial charge is 0.321 e. The Balaban J connectivity index is 3.21. The number of halogens is 1. The second-order valence-corrected chi connectivity index (χ2v) is 5.86. The summed E-state index contributed by atoms with van der Waals surface area (Å²) in [7, 11) is -4.52. The summed E-state index contributed by atoms with van der Waals surface area (Å²) in [4.78, 5) is 19.7.